The molecule has 146 valence electrons. The van der Waals surface area contributed by atoms with Crippen molar-refractivity contribution in [1.29, 1.82) is 0 Å². The average molecular weight is 419 g/mol. The van der Waals surface area contributed by atoms with Gasteiger partial charge in [-0.05, 0) is 37.5 Å². The number of carbonyl (C=O) groups is 1. The molecule has 0 bridgehead atoms. The molecule has 1 atom stereocenters. The molecule has 0 aliphatic heterocycles. The van der Waals surface area contributed by atoms with Gasteiger partial charge in [0.05, 0.1) is 11.2 Å². The summed E-state index contributed by atoms with van der Waals surface area (Å²) in [5.74, 6) is -1.30. The van der Waals surface area contributed by atoms with Gasteiger partial charge in [0.2, 0.25) is 15.9 Å². The number of anilines is 2. The molecule has 1 heterocycles. The molecule has 1 fully saturated rings. The van der Waals surface area contributed by atoms with E-state index in [1.165, 1.54) is 0 Å². The van der Waals surface area contributed by atoms with Crippen LogP contribution in [-0.2, 0) is 21.0 Å². The highest BCUT2D eigenvalue weighted by Crippen LogP contribution is 2.33. The van der Waals surface area contributed by atoms with E-state index >= 15 is 0 Å². The zero-order valence-corrected chi connectivity index (χ0v) is 15.7. The minimum absolute atomic E-state index is 0.0939. The molecule has 27 heavy (non-hydrogen) atoms. The fourth-order valence-corrected chi connectivity index (χ4v) is 4.40. The molecule has 1 aliphatic rings. The number of hydrogen-bond donors (Lipinski definition) is 2. The van der Waals surface area contributed by atoms with Crippen molar-refractivity contribution in [3.05, 3.63) is 40.9 Å². The van der Waals surface area contributed by atoms with E-state index in [2.05, 4.69) is 15.0 Å². The summed E-state index contributed by atoms with van der Waals surface area (Å²) in [4.78, 5) is 15.6. The Bertz CT molecular complexity index is 936. The lowest BCUT2D eigenvalue weighted by atomic mass is 10.0. The second kappa shape index (κ2) is 7.12. The molecule has 11 heteroatoms. The number of nitrogens with one attached hydrogen (secondary N) is 2. The number of halogens is 3. The first-order valence-corrected chi connectivity index (χ1v) is 10.4. The van der Waals surface area contributed by atoms with Crippen molar-refractivity contribution in [2.24, 2.45) is 0 Å². The van der Waals surface area contributed by atoms with Crippen molar-refractivity contribution >= 4 is 38.1 Å². The summed E-state index contributed by atoms with van der Waals surface area (Å²) in [6.45, 7) is 1.58. The van der Waals surface area contributed by atoms with Crippen LogP contribution >= 0.6 is 11.3 Å². The molecule has 1 amide bonds. The number of amides is 1. The summed E-state index contributed by atoms with van der Waals surface area (Å²) in [5, 5.41) is 3.29. The SMILES string of the molecule is C[C@H](C(=O)NS(=O)(=O)C1CC1)c1ccc(Nc2nc(C(F)(F)F)cs2)cc1. The van der Waals surface area contributed by atoms with Gasteiger partial charge in [0, 0.05) is 11.1 Å². The van der Waals surface area contributed by atoms with E-state index in [1.807, 2.05) is 0 Å². The molecule has 1 aromatic heterocycles. The Hall–Kier alpha value is -2.14. The summed E-state index contributed by atoms with van der Waals surface area (Å²) in [6, 6.07) is 6.38. The van der Waals surface area contributed by atoms with Gasteiger partial charge in [-0.3, -0.25) is 9.52 Å². The molecule has 1 aromatic carbocycles. The number of nitrogens with zero attached hydrogens (tertiary/aromatic N) is 1. The standard InChI is InChI=1S/C16H16F3N3O3S2/c1-9(14(23)22-27(24,25)12-6-7-12)10-2-4-11(5-3-10)20-15-21-13(8-26-15)16(17,18)19/h2-5,8-9,12H,6-7H2,1H3,(H,20,21)(H,22,23)/t9-/m0/s1. The molecule has 0 radical (unpaired) electrons. The number of alkyl halides is 3. The second-order valence-corrected chi connectivity index (χ2v) is 9.03. The zero-order valence-electron chi connectivity index (χ0n) is 14.1. The highest BCUT2D eigenvalue weighted by molar-refractivity contribution is 7.90. The number of hydrogen-bond acceptors (Lipinski definition) is 6. The Labute approximate surface area is 157 Å². The first-order valence-electron chi connectivity index (χ1n) is 8.01. The van der Waals surface area contributed by atoms with E-state index in [1.54, 1.807) is 31.2 Å². The molecular formula is C16H16F3N3O3S2. The van der Waals surface area contributed by atoms with Gasteiger partial charge in [-0.1, -0.05) is 12.1 Å². The van der Waals surface area contributed by atoms with Gasteiger partial charge in [-0.15, -0.1) is 11.3 Å². The van der Waals surface area contributed by atoms with Crippen LogP contribution in [0.15, 0.2) is 29.6 Å². The van der Waals surface area contributed by atoms with Crippen molar-refractivity contribution in [3.63, 3.8) is 0 Å². The van der Waals surface area contributed by atoms with E-state index in [0.29, 0.717) is 24.1 Å². The van der Waals surface area contributed by atoms with Crippen molar-refractivity contribution in [2.45, 2.75) is 37.1 Å². The smallest absolute Gasteiger partial charge is 0.332 e. The number of aromatic nitrogens is 1. The van der Waals surface area contributed by atoms with Crippen LogP contribution in [0.25, 0.3) is 0 Å². The third kappa shape index (κ3) is 4.78. The van der Waals surface area contributed by atoms with Crippen LogP contribution < -0.4 is 10.0 Å². The summed E-state index contributed by atoms with van der Waals surface area (Å²) in [6.07, 6.45) is -3.38. The Morgan fingerprint density at radius 2 is 1.89 bits per heavy atom. The Morgan fingerprint density at radius 3 is 2.41 bits per heavy atom. The van der Waals surface area contributed by atoms with Crippen LogP contribution in [0.2, 0.25) is 0 Å². The molecule has 2 N–H and O–H groups in total. The quantitative estimate of drug-likeness (QED) is 0.747. The average Bonchev–Trinajstić information content (AvgIpc) is 3.34. The van der Waals surface area contributed by atoms with Crippen LogP contribution in [0.4, 0.5) is 24.0 Å². The maximum absolute atomic E-state index is 12.6. The molecule has 0 saturated heterocycles. The Kier molecular flexibility index (Phi) is 5.17. The van der Waals surface area contributed by atoms with Crippen LogP contribution in [-0.4, -0.2) is 24.6 Å². The monoisotopic (exact) mass is 419 g/mol. The molecular weight excluding hydrogens is 403 g/mol. The van der Waals surface area contributed by atoms with Gasteiger partial charge < -0.3 is 5.32 Å². The number of thiazole rings is 1. The van der Waals surface area contributed by atoms with E-state index < -0.39 is 39.0 Å². The van der Waals surface area contributed by atoms with Gasteiger partial charge in [0.15, 0.2) is 10.8 Å². The summed E-state index contributed by atoms with van der Waals surface area (Å²) < 4.78 is 63.5. The molecule has 1 saturated carbocycles. The van der Waals surface area contributed by atoms with Crippen LogP contribution in [0.3, 0.4) is 0 Å². The third-order valence-electron chi connectivity index (χ3n) is 4.06. The van der Waals surface area contributed by atoms with E-state index in [-0.39, 0.29) is 5.13 Å². The second-order valence-electron chi connectivity index (χ2n) is 6.22. The minimum atomic E-state index is -4.50. The van der Waals surface area contributed by atoms with E-state index in [9.17, 15) is 26.4 Å². The van der Waals surface area contributed by atoms with E-state index in [0.717, 1.165) is 16.7 Å². The highest BCUT2D eigenvalue weighted by Gasteiger charge is 2.37. The zero-order chi connectivity index (χ0) is 19.8. The fourth-order valence-electron chi connectivity index (χ4n) is 2.28. The van der Waals surface area contributed by atoms with Crippen molar-refractivity contribution in [3.8, 4) is 0 Å². The minimum Gasteiger partial charge on any atom is -0.332 e. The summed E-state index contributed by atoms with van der Waals surface area (Å²) >= 11 is 0.829. The molecule has 1 aliphatic carbocycles. The topological polar surface area (TPSA) is 88.2 Å². The number of rotatable bonds is 6. The lowest BCUT2D eigenvalue weighted by molar-refractivity contribution is -0.140. The summed E-state index contributed by atoms with van der Waals surface area (Å²) in [7, 11) is -3.61. The Balaban J connectivity index is 1.64. The van der Waals surface area contributed by atoms with Crippen molar-refractivity contribution in [1.82, 2.24) is 9.71 Å². The number of benzene rings is 1. The van der Waals surface area contributed by atoms with Crippen molar-refractivity contribution < 1.29 is 26.4 Å². The third-order valence-corrected chi connectivity index (χ3v) is 6.65. The first kappa shape index (κ1) is 19.6. The Morgan fingerprint density at radius 1 is 1.26 bits per heavy atom. The molecule has 0 unspecified atom stereocenters. The number of carbonyl (C=O) groups excluding carboxylic acids is 1. The van der Waals surface area contributed by atoms with E-state index in [4.69, 9.17) is 0 Å². The first-order chi connectivity index (χ1) is 12.6. The number of sulfonamides is 1. The summed E-state index contributed by atoms with van der Waals surface area (Å²) in [5.41, 5.74) is 0.119. The van der Waals surface area contributed by atoms with Gasteiger partial charge in [0.25, 0.3) is 0 Å². The van der Waals surface area contributed by atoms with Gasteiger partial charge in [-0.2, -0.15) is 13.2 Å². The van der Waals surface area contributed by atoms with Gasteiger partial charge in [0.1, 0.15) is 0 Å². The lowest BCUT2D eigenvalue weighted by Gasteiger charge is -2.13. The molecule has 3 rings (SSSR count). The maximum atomic E-state index is 12.6. The lowest BCUT2D eigenvalue weighted by Crippen LogP contribution is -2.36. The van der Waals surface area contributed by atoms with Gasteiger partial charge in [-0.25, -0.2) is 13.4 Å². The van der Waals surface area contributed by atoms with Crippen molar-refractivity contribution in [2.75, 3.05) is 5.32 Å². The highest BCUT2D eigenvalue weighted by atomic mass is 32.2. The largest absolute Gasteiger partial charge is 0.434 e. The fraction of sp³-hybridized carbons (Fsp3) is 0.375. The van der Waals surface area contributed by atoms with Crippen LogP contribution in [0.1, 0.15) is 36.9 Å². The molecule has 2 aromatic rings. The van der Waals surface area contributed by atoms with Gasteiger partial charge >= 0.3 is 6.18 Å². The maximum Gasteiger partial charge on any atom is 0.434 e. The predicted molar refractivity (Wildman–Crippen MR) is 95.3 cm³/mol. The molecule has 0 spiro atoms. The molecule has 6 nitrogen and oxygen atoms in total. The normalized spacial score (nSPS) is 16.0. The van der Waals surface area contributed by atoms with Crippen LogP contribution in [0.5, 0.6) is 0 Å². The predicted octanol–water partition coefficient (Wildman–Crippen LogP) is 3.62. The van der Waals surface area contributed by atoms with Crippen LogP contribution in [0, 0.1) is 0 Å².